The molecule has 0 aliphatic carbocycles. The zero-order valence-corrected chi connectivity index (χ0v) is 14.3. The Morgan fingerprint density at radius 2 is 1.50 bits per heavy atom. The van der Waals surface area contributed by atoms with E-state index >= 15 is 0 Å². The van der Waals surface area contributed by atoms with Crippen LogP contribution >= 0.6 is 0 Å². The summed E-state index contributed by atoms with van der Waals surface area (Å²) in [6, 6.07) is 12.5. The number of rotatable bonds is 4. The van der Waals surface area contributed by atoms with Gasteiger partial charge in [0.05, 0.1) is 15.0 Å². The van der Waals surface area contributed by atoms with Crippen molar-refractivity contribution < 1.29 is 21.2 Å². The number of benzene rings is 2. The quantitative estimate of drug-likeness (QED) is 0.827. The van der Waals surface area contributed by atoms with Gasteiger partial charge in [-0.1, -0.05) is 18.2 Å². The summed E-state index contributed by atoms with van der Waals surface area (Å²) in [5.74, 6) is -0.528. The predicted octanol–water partition coefficient (Wildman–Crippen LogP) is 2.06. The lowest BCUT2D eigenvalue weighted by atomic mass is 10.4. The van der Waals surface area contributed by atoms with Crippen molar-refractivity contribution in [1.82, 2.24) is 4.31 Å². The largest absolute Gasteiger partial charge is 0.243 e. The van der Waals surface area contributed by atoms with Gasteiger partial charge in [0.1, 0.15) is 5.82 Å². The van der Waals surface area contributed by atoms with Crippen LogP contribution in [0.25, 0.3) is 0 Å². The first-order valence-electron chi connectivity index (χ1n) is 7.36. The first kappa shape index (κ1) is 17.1. The second-order valence-electron chi connectivity index (χ2n) is 5.59. The molecule has 2 aromatic rings. The standard InChI is InChI=1S/C16H16FNO4S2/c17-13-6-8-15(9-7-13)24(21,22)18-11-10-16(12-18)23(19,20)14-4-2-1-3-5-14/h1-9,16H,10-12H2/t16-/m1/s1. The van der Waals surface area contributed by atoms with Gasteiger partial charge in [-0.25, -0.2) is 21.2 Å². The Labute approximate surface area is 140 Å². The Bertz CT molecular complexity index is 926. The molecule has 0 unspecified atom stereocenters. The van der Waals surface area contributed by atoms with E-state index in [-0.39, 0.29) is 29.3 Å². The molecule has 1 aliphatic heterocycles. The molecule has 1 atom stereocenters. The molecule has 5 nitrogen and oxygen atoms in total. The molecule has 0 saturated carbocycles. The van der Waals surface area contributed by atoms with Crippen molar-refractivity contribution in [2.45, 2.75) is 21.5 Å². The maximum Gasteiger partial charge on any atom is 0.243 e. The molecule has 8 heteroatoms. The average Bonchev–Trinajstić information content (AvgIpc) is 3.08. The van der Waals surface area contributed by atoms with Gasteiger partial charge < -0.3 is 0 Å². The normalized spacial score (nSPS) is 19.5. The number of hydrogen-bond donors (Lipinski definition) is 0. The average molecular weight is 369 g/mol. The summed E-state index contributed by atoms with van der Waals surface area (Å²) in [7, 11) is -7.42. The SMILES string of the molecule is O=S(=O)(c1ccccc1)[C@@H]1CCN(S(=O)(=O)c2ccc(F)cc2)C1. The van der Waals surface area contributed by atoms with Crippen LogP contribution < -0.4 is 0 Å². The van der Waals surface area contributed by atoms with Crippen LogP contribution in [-0.2, 0) is 19.9 Å². The maximum absolute atomic E-state index is 13.0. The summed E-state index contributed by atoms with van der Waals surface area (Å²) in [5.41, 5.74) is 0. The van der Waals surface area contributed by atoms with E-state index < -0.39 is 30.9 Å². The van der Waals surface area contributed by atoms with Crippen molar-refractivity contribution in [2.75, 3.05) is 13.1 Å². The zero-order chi connectivity index (χ0) is 17.4. The van der Waals surface area contributed by atoms with Gasteiger partial charge in [0.15, 0.2) is 9.84 Å². The van der Waals surface area contributed by atoms with E-state index in [0.717, 1.165) is 16.4 Å². The minimum absolute atomic E-state index is 0.0401. The lowest BCUT2D eigenvalue weighted by molar-refractivity contribution is 0.476. The monoisotopic (exact) mass is 369 g/mol. The van der Waals surface area contributed by atoms with E-state index in [1.54, 1.807) is 18.2 Å². The van der Waals surface area contributed by atoms with Gasteiger partial charge in [-0.3, -0.25) is 0 Å². The highest BCUT2D eigenvalue weighted by atomic mass is 32.2. The Hall–Kier alpha value is -1.77. The van der Waals surface area contributed by atoms with Crippen LogP contribution in [0.3, 0.4) is 0 Å². The Morgan fingerprint density at radius 3 is 2.12 bits per heavy atom. The Morgan fingerprint density at radius 1 is 0.875 bits per heavy atom. The van der Waals surface area contributed by atoms with Gasteiger partial charge >= 0.3 is 0 Å². The molecule has 0 spiro atoms. The Kier molecular flexibility index (Phi) is 4.46. The second-order valence-corrected chi connectivity index (χ2v) is 9.75. The fraction of sp³-hybridized carbons (Fsp3) is 0.250. The van der Waals surface area contributed by atoms with Gasteiger partial charge in [-0.05, 0) is 42.8 Å². The third-order valence-corrected chi connectivity index (χ3v) is 8.14. The molecular formula is C16H16FNO4S2. The molecule has 24 heavy (non-hydrogen) atoms. The van der Waals surface area contributed by atoms with E-state index in [1.807, 2.05) is 0 Å². The maximum atomic E-state index is 13.0. The van der Waals surface area contributed by atoms with Crippen LogP contribution in [0.5, 0.6) is 0 Å². The number of sulfonamides is 1. The van der Waals surface area contributed by atoms with Crippen LogP contribution in [0, 0.1) is 5.82 Å². The molecule has 2 aromatic carbocycles. The minimum atomic E-state index is -3.83. The van der Waals surface area contributed by atoms with E-state index in [2.05, 4.69) is 0 Å². The van der Waals surface area contributed by atoms with Gasteiger partial charge in [0.25, 0.3) is 0 Å². The van der Waals surface area contributed by atoms with Crippen molar-refractivity contribution in [3.63, 3.8) is 0 Å². The van der Waals surface area contributed by atoms with Gasteiger partial charge in [0, 0.05) is 13.1 Å². The topological polar surface area (TPSA) is 71.5 Å². The van der Waals surface area contributed by atoms with Gasteiger partial charge in [-0.2, -0.15) is 4.31 Å². The van der Waals surface area contributed by atoms with Crippen LogP contribution in [0.1, 0.15) is 6.42 Å². The van der Waals surface area contributed by atoms with E-state index in [0.29, 0.717) is 0 Å². The molecule has 3 rings (SSSR count). The highest BCUT2D eigenvalue weighted by molar-refractivity contribution is 7.92. The molecule has 128 valence electrons. The van der Waals surface area contributed by atoms with E-state index in [1.165, 1.54) is 24.3 Å². The highest BCUT2D eigenvalue weighted by Gasteiger charge is 2.39. The molecular weight excluding hydrogens is 353 g/mol. The smallest absolute Gasteiger partial charge is 0.223 e. The molecule has 1 heterocycles. The van der Waals surface area contributed by atoms with Crippen LogP contribution in [0.15, 0.2) is 64.4 Å². The highest BCUT2D eigenvalue weighted by Crippen LogP contribution is 2.28. The van der Waals surface area contributed by atoms with Crippen LogP contribution in [0.4, 0.5) is 4.39 Å². The van der Waals surface area contributed by atoms with Gasteiger partial charge in [0.2, 0.25) is 10.0 Å². The fourth-order valence-corrected chi connectivity index (χ4v) is 6.04. The second kappa shape index (κ2) is 6.27. The van der Waals surface area contributed by atoms with E-state index in [4.69, 9.17) is 0 Å². The Balaban J connectivity index is 1.84. The summed E-state index contributed by atoms with van der Waals surface area (Å²) in [4.78, 5) is 0.151. The first-order chi connectivity index (χ1) is 11.3. The third kappa shape index (κ3) is 3.09. The van der Waals surface area contributed by atoms with Crippen molar-refractivity contribution in [1.29, 1.82) is 0 Å². The fourth-order valence-electron chi connectivity index (χ4n) is 2.73. The molecule has 0 bridgehead atoms. The molecule has 0 radical (unpaired) electrons. The summed E-state index contributed by atoms with van der Waals surface area (Å²) in [6.07, 6.45) is 0.234. The van der Waals surface area contributed by atoms with Crippen molar-refractivity contribution in [2.24, 2.45) is 0 Å². The zero-order valence-electron chi connectivity index (χ0n) is 12.7. The number of hydrogen-bond acceptors (Lipinski definition) is 4. The molecule has 0 N–H and O–H groups in total. The van der Waals surface area contributed by atoms with Crippen molar-refractivity contribution >= 4 is 19.9 Å². The van der Waals surface area contributed by atoms with E-state index in [9.17, 15) is 21.2 Å². The summed E-state index contributed by atoms with van der Waals surface area (Å²) in [5, 5.41) is -0.782. The summed E-state index contributed by atoms with van der Waals surface area (Å²) >= 11 is 0. The molecule has 1 saturated heterocycles. The molecule has 0 amide bonds. The lowest BCUT2D eigenvalue weighted by Crippen LogP contribution is -2.32. The third-order valence-electron chi connectivity index (χ3n) is 4.07. The summed E-state index contributed by atoms with van der Waals surface area (Å²) in [6.45, 7) is 0.0212. The number of halogens is 1. The van der Waals surface area contributed by atoms with Crippen molar-refractivity contribution in [3.8, 4) is 0 Å². The predicted molar refractivity (Wildman–Crippen MR) is 87.2 cm³/mol. The number of nitrogens with zero attached hydrogens (tertiary/aromatic N) is 1. The molecule has 1 aliphatic rings. The first-order valence-corrected chi connectivity index (χ1v) is 10.3. The minimum Gasteiger partial charge on any atom is -0.223 e. The number of sulfone groups is 1. The van der Waals surface area contributed by atoms with Crippen LogP contribution in [-0.4, -0.2) is 39.5 Å². The summed E-state index contributed by atoms with van der Waals surface area (Å²) < 4.78 is 64.5. The van der Waals surface area contributed by atoms with Crippen molar-refractivity contribution in [3.05, 3.63) is 60.4 Å². The lowest BCUT2D eigenvalue weighted by Gasteiger charge is -2.17. The van der Waals surface area contributed by atoms with Crippen LogP contribution in [0.2, 0.25) is 0 Å². The molecule has 0 aromatic heterocycles. The van der Waals surface area contributed by atoms with Gasteiger partial charge in [-0.15, -0.1) is 0 Å². The molecule has 1 fully saturated rings.